The number of carboxylic acid groups (broad SMARTS) is 1. The summed E-state index contributed by atoms with van der Waals surface area (Å²) in [5, 5.41) is 17.4. The lowest BCUT2D eigenvalue weighted by Gasteiger charge is -2.21. The second-order valence-electron chi connectivity index (χ2n) is 3.91. The van der Waals surface area contributed by atoms with Crippen molar-refractivity contribution in [1.29, 1.82) is 0 Å². The molecule has 0 unspecified atom stereocenters. The Bertz CT molecular complexity index is 660. The van der Waals surface area contributed by atoms with Crippen molar-refractivity contribution in [2.24, 2.45) is 0 Å². The lowest BCUT2D eigenvalue weighted by molar-refractivity contribution is 0.0697. The standard InChI is InChI=1S/C12H13Cl2NO5S/c1-2-5-15(6-7-16)21(19,20)9-4-3-8(13)10(11(9)14)12(17)18/h2-4,16H,1,5-7H2,(H,17,18). The number of hydrogen-bond donors (Lipinski definition) is 2. The average molecular weight is 354 g/mol. The number of aromatic carboxylic acids is 1. The molecule has 0 aromatic heterocycles. The molecule has 0 atom stereocenters. The summed E-state index contributed by atoms with van der Waals surface area (Å²) in [6.45, 7) is 2.82. The van der Waals surface area contributed by atoms with Crippen LogP contribution in [0.1, 0.15) is 10.4 Å². The molecule has 116 valence electrons. The molecule has 0 fully saturated rings. The molecule has 6 nitrogen and oxygen atoms in total. The summed E-state index contributed by atoms with van der Waals surface area (Å²) in [4.78, 5) is 10.7. The number of rotatable bonds is 7. The molecule has 1 aromatic carbocycles. The normalized spacial score (nSPS) is 11.6. The van der Waals surface area contributed by atoms with E-state index in [2.05, 4.69) is 6.58 Å². The monoisotopic (exact) mass is 353 g/mol. The van der Waals surface area contributed by atoms with E-state index < -0.39 is 33.2 Å². The number of halogens is 2. The molecule has 0 aliphatic rings. The topological polar surface area (TPSA) is 94.9 Å². The molecular weight excluding hydrogens is 341 g/mol. The Labute approximate surface area is 132 Å². The number of aliphatic hydroxyl groups excluding tert-OH is 1. The van der Waals surface area contributed by atoms with Crippen LogP contribution < -0.4 is 0 Å². The first-order valence-corrected chi connectivity index (χ1v) is 7.90. The average Bonchev–Trinajstić information content (AvgIpc) is 2.37. The summed E-state index contributed by atoms with van der Waals surface area (Å²) in [6.07, 6.45) is 1.34. The van der Waals surface area contributed by atoms with Gasteiger partial charge in [0, 0.05) is 13.1 Å². The van der Waals surface area contributed by atoms with E-state index in [1.807, 2.05) is 0 Å². The van der Waals surface area contributed by atoms with E-state index in [1.54, 1.807) is 0 Å². The summed E-state index contributed by atoms with van der Waals surface area (Å²) in [5.74, 6) is -1.43. The van der Waals surface area contributed by atoms with E-state index in [4.69, 9.17) is 33.4 Å². The number of sulfonamides is 1. The number of nitrogens with zero attached hydrogens (tertiary/aromatic N) is 1. The SMILES string of the molecule is C=CCN(CCO)S(=O)(=O)c1ccc(Cl)c(C(=O)O)c1Cl. The third-order valence-corrected chi connectivity index (χ3v) is 5.30. The molecule has 0 spiro atoms. The summed E-state index contributed by atoms with van der Waals surface area (Å²) in [7, 11) is -4.08. The fourth-order valence-electron chi connectivity index (χ4n) is 1.63. The van der Waals surface area contributed by atoms with Gasteiger partial charge in [-0.2, -0.15) is 4.31 Å². The Morgan fingerprint density at radius 1 is 1.38 bits per heavy atom. The van der Waals surface area contributed by atoms with Crippen molar-refractivity contribution in [3.05, 3.63) is 40.4 Å². The van der Waals surface area contributed by atoms with Crippen molar-refractivity contribution in [1.82, 2.24) is 4.31 Å². The molecule has 0 saturated carbocycles. The highest BCUT2D eigenvalue weighted by Crippen LogP contribution is 2.32. The van der Waals surface area contributed by atoms with Gasteiger partial charge in [-0.25, -0.2) is 13.2 Å². The van der Waals surface area contributed by atoms with Crippen molar-refractivity contribution in [3.8, 4) is 0 Å². The highest BCUT2D eigenvalue weighted by Gasteiger charge is 2.29. The first kappa shape index (κ1) is 17.9. The van der Waals surface area contributed by atoms with Gasteiger partial charge in [-0.1, -0.05) is 29.3 Å². The van der Waals surface area contributed by atoms with Gasteiger partial charge in [-0.3, -0.25) is 0 Å². The third-order valence-electron chi connectivity index (χ3n) is 2.57. The van der Waals surface area contributed by atoms with Gasteiger partial charge in [-0.15, -0.1) is 6.58 Å². The van der Waals surface area contributed by atoms with Crippen molar-refractivity contribution in [2.45, 2.75) is 4.90 Å². The minimum Gasteiger partial charge on any atom is -0.478 e. The fourth-order valence-corrected chi connectivity index (χ4v) is 3.93. The van der Waals surface area contributed by atoms with Crippen LogP contribution in [-0.4, -0.2) is 48.6 Å². The van der Waals surface area contributed by atoms with E-state index in [-0.39, 0.29) is 23.0 Å². The Morgan fingerprint density at radius 2 is 2.00 bits per heavy atom. The minimum atomic E-state index is -4.08. The Kier molecular flexibility index (Phi) is 6.18. The lowest BCUT2D eigenvalue weighted by atomic mass is 10.2. The maximum Gasteiger partial charge on any atom is 0.338 e. The van der Waals surface area contributed by atoms with Gasteiger partial charge in [0.15, 0.2) is 0 Å². The quantitative estimate of drug-likeness (QED) is 0.729. The second-order valence-corrected chi connectivity index (χ2v) is 6.61. The van der Waals surface area contributed by atoms with Crippen molar-refractivity contribution >= 4 is 39.2 Å². The Morgan fingerprint density at radius 3 is 2.48 bits per heavy atom. The zero-order valence-electron chi connectivity index (χ0n) is 10.8. The Hall–Kier alpha value is -1.12. The summed E-state index contributed by atoms with van der Waals surface area (Å²) in [6, 6.07) is 2.27. The number of carbonyl (C=O) groups is 1. The molecule has 0 aliphatic heterocycles. The first-order chi connectivity index (χ1) is 9.77. The van der Waals surface area contributed by atoms with Crippen LogP contribution in [0.4, 0.5) is 0 Å². The Balaban J connectivity index is 3.47. The van der Waals surface area contributed by atoms with Gasteiger partial charge in [0.1, 0.15) is 4.90 Å². The number of aliphatic hydroxyl groups is 1. The molecule has 1 aromatic rings. The van der Waals surface area contributed by atoms with Crippen LogP contribution in [0, 0.1) is 0 Å². The lowest BCUT2D eigenvalue weighted by Crippen LogP contribution is -2.34. The van der Waals surface area contributed by atoms with E-state index in [0.717, 1.165) is 16.4 Å². The fraction of sp³-hybridized carbons (Fsp3) is 0.250. The van der Waals surface area contributed by atoms with Crippen LogP contribution in [0.15, 0.2) is 29.7 Å². The van der Waals surface area contributed by atoms with Crippen molar-refractivity contribution in [3.63, 3.8) is 0 Å². The van der Waals surface area contributed by atoms with E-state index in [0.29, 0.717) is 0 Å². The molecule has 0 radical (unpaired) electrons. The van der Waals surface area contributed by atoms with Crippen molar-refractivity contribution < 1.29 is 23.4 Å². The van der Waals surface area contributed by atoms with E-state index in [9.17, 15) is 13.2 Å². The van der Waals surface area contributed by atoms with Crippen LogP contribution >= 0.6 is 23.2 Å². The molecule has 9 heteroatoms. The zero-order chi connectivity index (χ0) is 16.2. The third kappa shape index (κ3) is 3.75. The van der Waals surface area contributed by atoms with E-state index in [1.165, 1.54) is 6.08 Å². The second kappa shape index (κ2) is 7.24. The molecule has 21 heavy (non-hydrogen) atoms. The molecule has 0 aliphatic carbocycles. The van der Waals surface area contributed by atoms with Gasteiger partial charge in [0.25, 0.3) is 0 Å². The van der Waals surface area contributed by atoms with Gasteiger partial charge in [0.05, 0.1) is 22.2 Å². The molecule has 1 rings (SSSR count). The maximum atomic E-state index is 12.5. The maximum absolute atomic E-state index is 12.5. The minimum absolute atomic E-state index is 0.0513. The highest BCUT2D eigenvalue weighted by molar-refractivity contribution is 7.89. The molecular formula is C12H13Cl2NO5S. The van der Waals surface area contributed by atoms with Crippen LogP contribution in [0.2, 0.25) is 10.0 Å². The largest absolute Gasteiger partial charge is 0.478 e. The van der Waals surface area contributed by atoms with Crippen LogP contribution in [-0.2, 0) is 10.0 Å². The molecule has 0 bridgehead atoms. The molecule has 0 heterocycles. The number of benzene rings is 1. The van der Waals surface area contributed by atoms with Crippen LogP contribution in [0.25, 0.3) is 0 Å². The van der Waals surface area contributed by atoms with Crippen LogP contribution in [0.5, 0.6) is 0 Å². The predicted octanol–water partition coefficient (Wildman–Crippen LogP) is 1.86. The van der Waals surface area contributed by atoms with Crippen molar-refractivity contribution in [2.75, 3.05) is 19.7 Å². The number of carboxylic acids is 1. The molecule has 0 saturated heterocycles. The molecule has 0 amide bonds. The predicted molar refractivity (Wildman–Crippen MR) is 79.5 cm³/mol. The highest BCUT2D eigenvalue weighted by atomic mass is 35.5. The summed E-state index contributed by atoms with van der Waals surface area (Å²) >= 11 is 11.6. The van der Waals surface area contributed by atoms with Gasteiger partial charge in [0.2, 0.25) is 10.0 Å². The zero-order valence-corrected chi connectivity index (χ0v) is 13.1. The van der Waals surface area contributed by atoms with E-state index >= 15 is 0 Å². The number of hydrogen-bond acceptors (Lipinski definition) is 4. The molecule has 2 N–H and O–H groups in total. The smallest absolute Gasteiger partial charge is 0.338 e. The summed E-state index contributed by atoms with van der Waals surface area (Å²) in [5.41, 5.74) is -0.484. The first-order valence-electron chi connectivity index (χ1n) is 5.70. The summed E-state index contributed by atoms with van der Waals surface area (Å²) < 4.78 is 25.9. The van der Waals surface area contributed by atoms with Gasteiger partial charge in [-0.05, 0) is 12.1 Å². The van der Waals surface area contributed by atoms with Gasteiger partial charge >= 0.3 is 5.97 Å². The van der Waals surface area contributed by atoms with Gasteiger partial charge < -0.3 is 10.2 Å². The van der Waals surface area contributed by atoms with Crippen LogP contribution in [0.3, 0.4) is 0 Å².